The van der Waals surface area contributed by atoms with E-state index in [9.17, 15) is 13.2 Å². The van der Waals surface area contributed by atoms with Gasteiger partial charge < -0.3 is 5.73 Å². The maximum Gasteiger partial charge on any atom is 0.396 e. The maximum absolute atomic E-state index is 13.2. The van der Waals surface area contributed by atoms with Gasteiger partial charge in [0.25, 0.3) is 0 Å². The molecule has 0 aromatic carbocycles. The van der Waals surface area contributed by atoms with E-state index in [1.807, 2.05) is 0 Å². The second-order valence-corrected chi connectivity index (χ2v) is 5.79. The van der Waals surface area contributed by atoms with Gasteiger partial charge in [-0.15, -0.1) is 0 Å². The molecule has 4 heteroatoms. The van der Waals surface area contributed by atoms with Gasteiger partial charge >= 0.3 is 6.18 Å². The molecular formula is C11H16F3N. The summed E-state index contributed by atoms with van der Waals surface area (Å²) in [6, 6.07) is -0.634. The smallest absolute Gasteiger partial charge is 0.327 e. The van der Waals surface area contributed by atoms with Crippen molar-refractivity contribution < 1.29 is 13.2 Å². The summed E-state index contributed by atoms with van der Waals surface area (Å²) in [7, 11) is 0. The molecule has 0 amide bonds. The van der Waals surface area contributed by atoms with Crippen LogP contribution in [0.15, 0.2) is 0 Å². The molecule has 0 heterocycles. The van der Waals surface area contributed by atoms with Gasteiger partial charge in [0.15, 0.2) is 0 Å². The molecule has 4 rings (SSSR count). The number of hydrogen-bond donors (Lipinski definition) is 1. The Hall–Kier alpha value is -0.250. The van der Waals surface area contributed by atoms with Gasteiger partial charge in [0, 0.05) is 6.04 Å². The van der Waals surface area contributed by atoms with Crippen molar-refractivity contribution in [2.24, 2.45) is 28.9 Å². The first-order valence-electron chi connectivity index (χ1n) is 5.75. The van der Waals surface area contributed by atoms with E-state index in [1.54, 1.807) is 0 Å². The minimum absolute atomic E-state index is 0.137. The molecule has 86 valence electrons. The minimum Gasteiger partial charge on any atom is -0.327 e. The van der Waals surface area contributed by atoms with Crippen molar-refractivity contribution in [1.82, 2.24) is 0 Å². The number of hydrogen-bond acceptors (Lipinski definition) is 1. The van der Waals surface area contributed by atoms with Gasteiger partial charge in [0.2, 0.25) is 0 Å². The third-order valence-electron chi connectivity index (χ3n) is 4.96. The Labute approximate surface area is 87.2 Å². The van der Waals surface area contributed by atoms with Crippen LogP contribution < -0.4 is 5.73 Å². The quantitative estimate of drug-likeness (QED) is 0.666. The third-order valence-corrected chi connectivity index (χ3v) is 4.96. The van der Waals surface area contributed by atoms with Crippen LogP contribution in [0.1, 0.15) is 32.1 Å². The van der Waals surface area contributed by atoms with Crippen LogP contribution in [-0.4, -0.2) is 12.2 Å². The van der Waals surface area contributed by atoms with E-state index in [0.29, 0.717) is 24.7 Å². The summed E-state index contributed by atoms with van der Waals surface area (Å²) in [6.45, 7) is 0. The first-order valence-corrected chi connectivity index (χ1v) is 5.75. The number of halogens is 3. The highest BCUT2D eigenvalue weighted by Crippen LogP contribution is 2.64. The average Bonchev–Trinajstić information content (AvgIpc) is 2.10. The Morgan fingerprint density at radius 2 is 1.53 bits per heavy atom. The molecule has 4 bridgehead atoms. The predicted octanol–water partition coefficient (Wildman–Crippen LogP) is 2.70. The molecule has 4 fully saturated rings. The maximum atomic E-state index is 13.2. The Bertz CT molecular complexity index is 272. The van der Waals surface area contributed by atoms with Crippen LogP contribution in [0.4, 0.5) is 13.2 Å². The third kappa shape index (κ3) is 1.14. The predicted molar refractivity (Wildman–Crippen MR) is 50.0 cm³/mol. The molecule has 0 saturated heterocycles. The standard InChI is InChI=1S/C11H16F3N/c12-11(13,14)10-4-6-1-7(5-10)3-8(2-6)9(10)15/h6-9H,1-5,15H2. The van der Waals surface area contributed by atoms with E-state index in [-0.39, 0.29) is 5.92 Å². The second kappa shape index (κ2) is 2.70. The first-order chi connectivity index (χ1) is 6.92. The lowest BCUT2D eigenvalue weighted by Gasteiger charge is -2.60. The van der Waals surface area contributed by atoms with Gasteiger partial charge in [-0.2, -0.15) is 13.2 Å². The summed E-state index contributed by atoms with van der Waals surface area (Å²) in [5, 5.41) is 0. The number of alkyl halides is 3. The molecular weight excluding hydrogens is 203 g/mol. The number of rotatable bonds is 0. The van der Waals surface area contributed by atoms with Crippen LogP contribution in [0.3, 0.4) is 0 Å². The summed E-state index contributed by atoms with van der Waals surface area (Å²) in [4.78, 5) is 0. The Morgan fingerprint density at radius 1 is 1.00 bits per heavy atom. The molecule has 4 saturated carbocycles. The lowest BCUT2D eigenvalue weighted by atomic mass is 9.47. The van der Waals surface area contributed by atoms with Crippen molar-refractivity contribution in [3.63, 3.8) is 0 Å². The van der Waals surface area contributed by atoms with Crippen molar-refractivity contribution >= 4 is 0 Å². The molecule has 2 N–H and O–H groups in total. The van der Waals surface area contributed by atoms with E-state index in [2.05, 4.69) is 0 Å². The molecule has 0 aromatic rings. The van der Waals surface area contributed by atoms with E-state index >= 15 is 0 Å². The van der Waals surface area contributed by atoms with Gasteiger partial charge in [-0.3, -0.25) is 0 Å². The van der Waals surface area contributed by atoms with Crippen molar-refractivity contribution in [2.45, 2.75) is 44.3 Å². The van der Waals surface area contributed by atoms with Crippen LogP contribution in [-0.2, 0) is 0 Å². The highest BCUT2D eigenvalue weighted by Gasteiger charge is 2.67. The van der Waals surface area contributed by atoms with Crippen LogP contribution in [0.2, 0.25) is 0 Å². The molecule has 0 radical (unpaired) electrons. The minimum atomic E-state index is -4.09. The van der Waals surface area contributed by atoms with Crippen molar-refractivity contribution in [1.29, 1.82) is 0 Å². The molecule has 4 aliphatic rings. The van der Waals surface area contributed by atoms with E-state index in [1.165, 1.54) is 0 Å². The zero-order valence-electron chi connectivity index (χ0n) is 8.56. The SMILES string of the molecule is NC1C2CC3CC(C2)CC1(C(F)(F)F)C3. The van der Waals surface area contributed by atoms with Crippen molar-refractivity contribution in [2.75, 3.05) is 0 Å². The van der Waals surface area contributed by atoms with Gasteiger partial charge in [-0.25, -0.2) is 0 Å². The lowest BCUT2D eigenvalue weighted by Crippen LogP contribution is -2.65. The molecule has 3 atom stereocenters. The van der Waals surface area contributed by atoms with Crippen LogP contribution >= 0.6 is 0 Å². The molecule has 1 nitrogen and oxygen atoms in total. The summed E-state index contributed by atoms with van der Waals surface area (Å²) >= 11 is 0. The van der Waals surface area contributed by atoms with Crippen LogP contribution in [0, 0.1) is 23.2 Å². The second-order valence-electron chi connectivity index (χ2n) is 5.79. The highest BCUT2D eigenvalue weighted by atomic mass is 19.4. The van der Waals surface area contributed by atoms with Crippen LogP contribution in [0.25, 0.3) is 0 Å². The summed E-state index contributed by atoms with van der Waals surface area (Å²) in [6.07, 6.45) is -0.607. The van der Waals surface area contributed by atoms with Crippen LogP contribution in [0.5, 0.6) is 0 Å². The zero-order valence-corrected chi connectivity index (χ0v) is 8.56. The molecule has 0 spiro atoms. The van der Waals surface area contributed by atoms with Gasteiger partial charge in [0.05, 0.1) is 5.41 Å². The Kier molecular flexibility index (Phi) is 1.79. The highest BCUT2D eigenvalue weighted by molar-refractivity contribution is 5.11. The van der Waals surface area contributed by atoms with Gasteiger partial charge in [-0.05, 0) is 49.9 Å². The molecule has 0 aliphatic heterocycles. The Morgan fingerprint density at radius 3 is 2.00 bits per heavy atom. The zero-order chi connectivity index (χ0) is 10.8. The number of nitrogens with two attached hydrogens (primary N) is 1. The average molecular weight is 219 g/mol. The van der Waals surface area contributed by atoms with Gasteiger partial charge in [0.1, 0.15) is 0 Å². The van der Waals surface area contributed by atoms with E-state index in [4.69, 9.17) is 5.73 Å². The lowest BCUT2D eigenvalue weighted by molar-refractivity contribution is -0.280. The van der Waals surface area contributed by atoms with Gasteiger partial charge in [-0.1, -0.05) is 0 Å². The van der Waals surface area contributed by atoms with E-state index < -0.39 is 17.6 Å². The van der Waals surface area contributed by atoms with Crippen molar-refractivity contribution in [3.8, 4) is 0 Å². The first kappa shape index (κ1) is 9.94. The summed E-state index contributed by atoms with van der Waals surface area (Å²) in [5.74, 6) is 0.728. The molecule has 15 heavy (non-hydrogen) atoms. The fraction of sp³-hybridized carbons (Fsp3) is 1.00. The van der Waals surface area contributed by atoms with Crippen molar-refractivity contribution in [3.05, 3.63) is 0 Å². The molecule has 0 aromatic heterocycles. The molecule has 4 aliphatic carbocycles. The fourth-order valence-electron chi connectivity index (χ4n) is 4.50. The summed E-state index contributed by atoms with van der Waals surface area (Å²) < 4.78 is 39.5. The topological polar surface area (TPSA) is 26.0 Å². The summed E-state index contributed by atoms with van der Waals surface area (Å²) in [5.41, 5.74) is 4.34. The fourth-order valence-corrected chi connectivity index (χ4v) is 4.50. The monoisotopic (exact) mass is 219 g/mol. The largest absolute Gasteiger partial charge is 0.396 e. The normalized spacial score (nSPS) is 53.6. The molecule has 3 unspecified atom stereocenters. The van der Waals surface area contributed by atoms with E-state index in [0.717, 1.165) is 19.3 Å². The Balaban J connectivity index is 2.01.